The van der Waals surface area contributed by atoms with Gasteiger partial charge < -0.3 is 14.5 Å². The zero-order chi connectivity index (χ0) is 11.7. The maximum Gasteiger partial charge on any atom is 0.163 e. The smallest absolute Gasteiger partial charge is 0.163 e. The van der Waals surface area contributed by atoms with Gasteiger partial charge in [-0.2, -0.15) is 11.8 Å². The van der Waals surface area contributed by atoms with Crippen molar-refractivity contribution in [1.29, 1.82) is 0 Å². The predicted molar refractivity (Wildman–Crippen MR) is 69.2 cm³/mol. The van der Waals surface area contributed by atoms with Crippen molar-refractivity contribution in [3.8, 4) is 11.5 Å². The fourth-order valence-electron chi connectivity index (χ4n) is 1.92. The Hall–Kier alpha value is -1.36. The molecule has 4 nitrogen and oxygen atoms in total. The number of imidazole rings is 1. The second-order valence-electron chi connectivity index (χ2n) is 3.94. The molecule has 2 heterocycles. The molecule has 17 heavy (non-hydrogen) atoms. The Morgan fingerprint density at radius 1 is 1.29 bits per heavy atom. The van der Waals surface area contributed by atoms with Crippen LogP contribution in [0.3, 0.4) is 0 Å². The normalized spacial score (nSPS) is 14.2. The number of fused-ring (bicyclic) bond motifs is 2. The molecule has 0 fully saturated rings. The number of aromatic amines is 1. The average Bonchev–Trinajstić information content (AvgIpc) is 2.75. The van der Waals surface area contributed by atoms with Crippen LogP contribution in [-0.2, 0) is 6.42 Å². The first-order chi connectivity index (χ1) is 8.36. The fraction of sp³-hybridized carbons (Fsp3) is 0.417. The Balaban J connectivity index is 1.98. The highest BCUT2D eigenvalue weighted by molar-refractivity contribution is 7.98. The summed E-state index contributed by atoms with van der Waals surface area (Å²) in [6, 6.07) is 3.92. The topological polar surface area (TPSA) is 47.1 Å². The minimum absolute atomic E-state index is 0.613. The summed E-state index contributed by atoms with van der Waals surface area (Å²) in [5.41, 5.74) is 1.97. The number of aromatic nitrogens is 2. The Labute approximate surface area is 104 Å². The number of H-pyrrole nitrogens is 1. The van der Waals surface area contributed by atoms with Crippen LogP contribution in [0, 0.1) is 0 Å². The first kappa shape index (κ1) is 10.8. The Kier molecular flexibility index (Phi) is 2.84. The summed E-state index contributed by atoms with van der Waals surface area (Å²) in [6.07, 6.45) is 3.06. The maximum atomic E-state index is 5.55. The van der Waals surface area contributed by atoms with Gasteiger partial charge in [-0.3, -0.25) is 0 Å². The molecule has 0 saturated carbocycles. The molecule has 1 aromatic heterocycles. The molecule has 1 N–H and O–H groups in total. The highest BCUT2D eigenvalue weighted by Crippen LogP contribution is 2.33. The number of nitrogens with one attached hydrogen (secondary N) is 1. The summed E-state index contributed by atoms with van der Waals surface area (Å²) in [7, 11) is 0. The molecule has 0 aliphatic carbocycles. The van der Waals surface area contributed by atoms with E-state index in [0.29, 0.717) is 13.2 Å². The van der Waals surface area contributed by atoms with Gasteiger partial charge in [-0.1, -0.05) is 0 Å². The van der Waals surface area contributed by atoms with Crippen molar-refractivity contribution in [2.24, 2.45) is 0 Å². The summed E-state index contributed by atoms with van der Waals surface area (Å²) in [6.45, 7) is 1.23. The number of aryl methyl sites for hydroxylation is 1. The Morgan fingerprint density at radius 2 is 2.06 bits per heavy atom. The van der Waals surface area contributed by atoms with Crippen LogP contribution in [0.15, 0.2) is 12.1 Å². The summed E-state index contributed by atoms with van der Waals surface area (Å²) in [4.78, 5) is 7.87. The van der Waals surface area contributed by atoms with Crippen molar-refractivity contribution < 1.29 is 9.47 Å². The molecule has 0 bridgehead atoms. The van der Waals surface area contributed by atoms with E-state index in [9.17, 15) is 0 Å². The van der Waals surface area contributed by atoms with E-state index < -0.39 is 0 Å². The molecule has 0 unspecified atom stereocenters. The van der Waals surface area contributed by atoms with Crippen molar-refractivity contribution in [2.45, 2.75) is 6.42 Å². The molecule has 90 valence electrons. The summed E-state index contributed by atoms with van der Waals surface area (Å²) < 4.78 is 11.1. The quantitative estimate of drug-likeness (QED) is 0.907. The van der Waals surface area contributed by atoms with E-state index >= 15 is 0 Å². The lowest BCUT2D eigenvalue weighted by atomic mass is 10.2. The van der Waals surface area contributed by atoms with Gasteiger partial charge in [0.1, 0.15) is 19.0 Å². The molecule has 3 rings (SSSR count). The number of hydrogen-bond acceptors (Lipinski definition) is 4. The van der Waals surface area contributed by atoms with Gasteiger partial charge in [0, 0.05) is 24.3 Å². The minimum Gasteiger partial charge on any atom is -0.486 e. The number of rotatable bonds is 3. The molecule has 5 heteroatoms. The van der Waals surface area contributed by atoms with Crippen LogP contribution in [0.4, 0.5) is 0 Å². The molecular weight excluding hydrogens is 236 g/mol. The molecule has 2 aromatic rings. The van der Waals surface area contributed by atoms with Gasteiger partial charge in [-0.25, -0.2) is 4.98 Å². The van der Waals surface area contributed by atoms with E-state index in [-0.39, 0.29) is 0 Å². The van der Waals surface area contributed by atoms with Crippen LogP contribution in [0.5, 0.6) is 11.5 Å². The lowest BCUT2D eigenvalue weighted by molar-refractivity contribution is 0.172. The van der Waals surface area contributed by atoms with E-state index in [1.54, 1.807) is 0 Å². The van der Waals surface area contributed by atoms with Crippen LogP contribution in [-0.4, -0.2) is 35.2 Å². The van der Waals surface area contributed by atoms with Crippen molar-refractivity contribution in [1.82, 2.24) is 9.97 Å². The first-order valence-corrected chi connectivity index (χ1v) is 7.03. The SMILES string of the molecule is CSCCc1nc2cc3c(cc2[nH]1)OCCO3. The van der Waals surface area contributed by atoms with Crippen LogP contribution in [0.25, 0.3) is 11.0 Å². The lowest BCUT2D eigenvalue weighted by Gasteiger charge is -2.17. The van der Waals surface area contributed by atoms with Gasteiger partial charge in [0.05, 0.1) is 11.0 Å². The summed E-state index contributed by atoms with van der Waals surface area (Å²) in [5.74, 6) is 3.71. The van der Waals surface area contributed by atoms with E-state index in [1.165, 1.54) is 0 Å². The van der Waals surface area contributed by atoms with Crippen molar-refractivity contribution in [3.05, 3.63) is 18.0 Å². The number of nitrogens with zero attached hydrogens (tertiary/aromatic N) is 1. The Morgan fingerprint density at radius 3 is 2.82 bits per heavy atom. The maximum absolute atomic E-state index is 5.55. The molecule has 0 spiro atoms. The first-order valence-electron chi connectivity index (χ1n) is 5.64. The van der Waals surface area contributed by atoms with Gasteiger partial charge in [-0.05, 0) is 6.26 Å². The molecule has 0 atom stereocenters. The van der Waals surface area contributed by atoms with E-state index in [4.69, 9.17) is 9.47 Å². The van der Waals surface area contributed by atoms with Gasteiger partial charge in [0.15, 0.2) is 11.5 Å². The van der Waals surface area contributed by atoms with E-state index in [0.717, 1.165) is 40.5 Å². The largest absolute Gasteiger partial charge is 0.486 e. The van der Waals surface area contributed by atoms with Gasteiger partial charge in [0.25, 0.3) is 0 Å². The number of benzene rings is 1. The monoisotopic (exact) mass is 250 g/mol. The zero-order valence-electron chi connectivity index (χ0n) is 9.66. The second kappa shape index (κ2) is 4.49. The molecule has 1 aliphatic rings. The third kappa shape index (κ3) is 2.07. The van der Waals surface area contributed by atoms with Crippen molar-refractivity contribution in [2.75, 3.05) is 25.2 Å². The number of thioether (sulfide) groups is 1. The predicted octanol–water partition coefficient (Wildman–Crippen LogP) is 2.24. The van der Waals surface area contributed by atoms with Crippen molar-refractivity contribution >= 4 is 22.8 Å². The summed E-state index contributed by atoms with van der Waals surface area (Å²) in [5, 5.41) is 0. The van der Waals surface area contributed by atoms with E-state index in [1.807, 2.05) is 23.9 Å². The second-order valence-corrected chi connectivity index (χ2v) is 4.92. The highest BCUT2D eigenvalue weighted by Gasteiger charge is 2.14. The molecule has 1 aromatic carbocycles. The lowest BCUT2D eigenvalue weighted by Crippen LogP contribution is -2.15. The average molecular weight is 250 g/mol. The molecular formula is C12H14N2O2S. The third-order valence-corrected chi connectivity index (χ3v) is 3.35. The number of hydrogen-bond donors (Lipinski definition) is 1. The minimum atomic E-state index is 0.613. The third-order valence-electron chi connectivity index (χ3n) is 2.74. The van der Waals surface area contributed by atoms with Gasteiger partial charge >= 0.3 is 0 Å². The van der Waals surface area contributed by atoms with Gasteiger partial charge in [-0.15, -0.1) is 0 Å². The molecule has 0 amide bonds. The van der Waals surface area contributed by atoms with Crippen LogP contribution >= 0.6 is 11.8 Å². The summed E-state index contributed by atoms with van der Waals surface area (Å²) >= 11 is 1.82. The van der Waals surface area contributed by atoms with Crippen LogP contribution < -0.4 is 9.47 Å². The zero-order valence-corrected chi connectivity index (χ0v) is 10.5. The number of ether oxygens (including phenoxy) is 2. The fourth-order valence-corrected chi connectivity index (χ4v) is 2.31. The van der Waals surface area contributed by atoms with Crippen LogP contribution in [0.1, 0.15) is 5.82 Å². The Bertz CT molecular complexity index is 496. The van der Waals surface area contributed by atoms with Gasteiger partial charge in [0.2, 0.25) is 0 Å². The van der Waals surface area contributed by atoms with E-state index in [2.05, 4.69) is 16.2 Å². The molecule has 0 saturated heterocycles. The highest BCUT2D eigenvalue weighted by atomic mass is 32.2. The molecule has 1 aliphatic heterocycles. The molecule has 0 radical (unpaired) electrons. The van der Waals surface area contributed by atoms with Crippen molar-refractivity contribution in [3.63, 3.8) is 0 Å². The van der Waals surface area contributed by atoms with Crippen LogP contribution in [0.2, 0.25) is 0 Å². The standard InChI is InChI=1S/C12H14N2O2S/c1-17-5-2-12-13-8-6-10-11(7-9(8)14-12)16-4-3-15-10/h6-7H,2-5H2,1H3,(H,13,14).